The highest BCUT2D eigenvalue weighted by molar-refractivity contribution is 6.33. The van der Waals surface area contributed by atoms with Crippen molar-refractivity contribution in [3.05, 3.63) is 47.0 Å². The molecule has 0 unspecified atom stereocenters. The van der Waals surface area contributed by atoms with E-state index < -0.39 is 5.82 Å². The molecule has 3 rings (SSSR count). The summed E-state index contributed by atoms with van der Waals surface area (Å²) in [5, 5.41) is 6.93. The summed E-state index contributed by atoms with van der Waals surface area (Å²) in [4.78, 5) is 15.7. The maximum atomic E-state index is 13.2. The van der Waals surface area contributed by atoms with Crippen LogP contribution in [-0.2, 0) is 0 Å². The van der Waals surface area contributed by atoms with Crippen LogP contribution in [0.5, 0.6) is 0 Å². The van der Waals surface area contributed by atoms with Crippen LogP contribution in [-0.4, -0.2) is 29.7 Å². The van der Waals surface area contributed by atoms with Crippen molar-refractivity contribution >= 4 is 34.8 Å². The van der Waals surface area contributed by atoms with Gasteiger partial charge in [-0.25, -0.2) is 9.37 Å². The predicted molar refractivity (Wildman–Crippen MR) is 74.4 cm³/mol. The number of aromatic nitrogens is 6. The largest absolute Gasteiger partial charge is 0.323 e. The maximum Gasteiger partial charge on any atom is 0.258 e. The number of hydrogen-bond donors (Lipinski definition) is 1. The van der Waals surface area contributed by atoms with Gasteiger partial charge in [-0.1, -0.05) is 11.6 Å². The van der Waals surface area contributed by atoms with Gasteiger partial charge in [0.2, 0.25) is 11.2 Å². The topological polar surface area (TPSA) is 81.4 Å². The Morgan fingerprint density at radius 2 is 2.00 bits per heavy atom. The average Bonchev–Trinajstić information content (AvgIpc) is 2.96. The molecule has 0 radical (unpaired) electrons. The Kier molecular flexibility index (Phi) is 3.63. The molecular formula is C11H6Cl2FN7. The molecule has 0 spiro atoms. The van der Waals surface area contributed by atoms with Crippen LogP contribution in [0.15, 0.2) is 30.9 Å². The van der Waals surface area contributed by atoms with Crippen LogP contribution < -0.4 is 5.32 Å². The van der Waals surface area contributed by atoms with Gasteiger partial charge >= 0.3 is 0 Å². The predicted octanol–water partition coefficient (Wildman–Crippen LogP) is 2.64. The smallest absolute Gasteiger partial charge is 0.258 e. The third kappa shape index (κ3) is 3.06. The molecule has 0 aliphatic heterocycles. The molecule has 0 saturated carbocycles. The van der Waals surface area contributed by atoms with Gasteiger partial charge in [-0.05, 0) is 29.8 Å². The lowest BCUT2D eigenvalue weighted by molar-refractivity contribution is 0.628. The van der Waals surface area contributed by atoms with Gasteiger partial charge in [0.05, 0.1) is 10.7 Å². The number of benzene rings is 1. The van der Waals surface area contributed by atoms with Crippen LogP contribution in [0.2, 0.25) is 10.3 Å². The summed E-state index contributed by atoms with van der Waals surface area (Å²) in [6, 6.07) is 3.88. The first-order valence-electron chi connectivity index (χ1n) is 5.60. The molecule has 0 bridgehead atoms. The van der Waals surface area contributed by atoms with E-state index in [-0.39, 0.29) is 17.2 Å². The Bertz CT molecular complexity index is 778. The minimum absolute atomic E-state index is 0.0504. The molecule has 106 valence electrons. The number of hydrogen-bond acceptors (Lipinski definition) is 6. The molecule has 2 heterocycles. The molecule has 10 heteroatoms. The third-order valence-electron chi connectivity index (χ3n) is 2.39. The van der Waals surface area contributed by atoms with Crippen molar-refractivity contribution < 1.29 is 4.39 Å². The second-order valence-corrected chi connectivity index (χ2v) is 4.56. The van der Waals surface area contributed by atoms with Crippen LogP contribution in [0, 0.1) is 5.82 Å². The van der Waals surface area contributed by atoms with Gasteiger partial charge < -0.3 is 5.32 Å². The van der Waals surface area contributed by atoms with E-state index in [0.717, 1.165) is 0 Å². The van der Waals surface area contributed by atoms with E-state index in [0.29, 0.717) is 10.7 Å². The molecule has 3 aromatic rings. The van der Waals surface area contributed by atoms with Crippen molar-refractivity contribution in [1.82, 2.24) is 29.7 Å². The van der Waals surface area contributed by atoms with E-state index in [9.17, 15) is 4.39 Å². The van der Waals surface area contributed by atoms with Gasteiger partial charge in [0.25, 0.3) is 5.95 Å². The molecule has 0 aliphatic carbocycles. The van der Waals surface area contributed by atoms with Gasteiger partial charge in [-0.2, -0.15) is 24.7 Å². The molecule has 0 saturated heterocycles. The van der Waals surface area contributed by atoms with Crippen LogP contribution in [0.25, 0.3) is 5.95 Å². The van der Waals surface area contributed by atoms with Crippen LogP contribution in [0.3, 0.4) is 0 Å². The molecule has 2 aromatic heterocycles. The van der Waals surface area contributed by atoms with Gasteiger partial charge in [0, 0.05) is 0 Å². The van der Waals surface area contributed by atoms with E-state index in [4.69, 9.17) is 23.2 Å². The Balaban J connectivity index is 1.97. The van der Waals surface area contributed by atoms with Crippen LogP contribution in [0.1, 0.15) is 0 Å². The van der Waals surface area contributed by atoms with Gasteiger partial charge in [0.15, 0.2) is 0 Å². The summed E-state index contributed by atoms with van der Waals surface area (Å²) in [6.07, 6.45) is 2.73. The minimum Gasteiger partial charge on any atom is -0.323 e. The Morgan fingerprint density at radius 1 is 1.14 bits per heavy atom. The molecule has 0 amide bonds. The second-order valence-electron chi connectivity index (χ2n) is 3.82. The van der Waals surface area contributed by atoms with E-state index in [1.807, 2.05) is 0 Å². The number of nitrogens with zero attached hydrogens (tertiary/aromatic N) is 6. The molecule has 0 aliphatic rings. The third-order valence-corrected chi connectivity index (χ3v) is 2.89. The number of nitrogens with one attached hydrogen (secondary N) is 1. The summed E-state index contributed by atoms with van der Waals surface area (Å²) in [7, 11) is 0. The lowest BCUT2D eigenvalue weighted by Crippen LogP contribution is -2.07. The normalized spacial score (nSPS) is 10.6. The number of anilines is 2. The highest BCUT2D eigenvalue weighted by atomic mass is 35.5. The van der Waals surface area contributed by atoms with Crippen molar-refractivity contribution in [2.75, 3.05) is 5.32 Å². The molecule has 0 atom stereocenters. The van der Waals surface area contributed by atoms with E-state index in [1.54, 1.807) is 0 Å². The monoisotopic (exact) mass is 325 g/mol. The first-order chi connectivity index (χ1) is 10.1. The Morgan fingerprint density at radius 3 is 2.76 bits per heavy atom. The summed E-state index contributed by atoms with van der Waals surface area (Å²) in [5.74, 6) is -0.172. The van der Waals surface area contributed by atoms with E-state index in [1.165, 1.54) is 35.5 Å². The number of rotatable bonds is 3. The zero-order valence-corrected chi connectivity index (χ0v) is 11.7. The fraction of sp³-hybridized carbons (Fsp3) is 0. The van der Waals surface area contributed by atoms with Crippen LogP contribution >= 0.6 is 23.2 Å². The average molecular weight is 326 g/mol. The zero-order valence-electron chi connectivity index (χ0n) is 10.2. The highest BCUT2D eigenvalue weighted by Crippen LogP contribution is 2.25. The fourth-order valence-corrected chi connectivity index (χ4v) is 1.84. The molecule has 0 fully saturated rings. The van der Waals surface area contributed by atoms with E-state index in [2.05, 4.69) is 30.4 Å². The van der Waals surface area contributed by atoms with Crippen LogP contribution in [0.4, 0.5) is 16.0 Å². The first-order valence-corrected chi connectivity index (χ1v) is 6.36. The van der Waals surface area contributed by atoms with Crippen molar-refractivity contribution in [3.63, 3.8) is 0 Å². The first kappa shape index (κ1) is 13.7. The molecule has 7 nitrogen and oxygen atoms in total. The quantitative estimate of drug-likeness (QED) is 0.797. The molecule has 1 aromatic carbocycles. The second kappa shape index (κ2) is 5.58. The van der Waals surface area contributed by atoms with Crippen molar-refractivity contribution in [1.29, 1.82) is 0 Å². The maximum absolute atomic E-state index is 13.2. The standard InChI is InChI=1S/C11H6Cl2FN7/c12-7-2-1-6(14)3-8(7)17-10-18-9(13)19-11(20-10)21-5-15-4-16-21/h1-5H,(H,17,18,19,20). The minimum atomic E-state index is -0.446. The zero-order chi connectivity index (χ0) is 14.8. The van der Waals surface area contributed by atoms with Gasteiger partial charge in [-0.3, -0.25) is 0 Å². The summed E-state index contributed by atoms with van der Waals surface area (Å²) in [6.45, 7) is 0. The molecule has 21 heavy (non-hydrogen) atoms. The van der Waals surface area contributed by atoms with Gasteiger partial charge in [0.1, 0.15) is 18.5 Å². The fourth-order valence-electron chi connectivity index (χ4n) is 1.52. The lowest BCUT2D eigenvalue weighted by Gasteiger charge is -2.08. The SMILES string of the molecule is Fc1ccc(Cl)c(Nc2nc(Cl)nc(-n3cncn3)n2)c1. The molecular weight excluding hydrogens is 320 g/mol. The van der Waals surface area contributed by atoms with Crippen molar-refractivity contribution in [2.24, 2.45) is 0 Å². The Hall–Kier alpha value is -2.32. The van der Waals surface area contributed by atoms with Crippen molar-refractivity contribution in [3.8, 4) is 5.95 Å². The number of halogens is 3. The summed E-state index contributed by atoms with van der Waals surface area (Å²) in [5.41, 5.74) is 0.309. The van der Waals surface area contributed by atoms with Gasteiger partial charge in [-0.15, -0.1) is 0 Å². The summed E-state index contributed by atoms with van der Waals surface area (Å²) < 4.78 is 14.5. The highest BCUT2D eigenvalue weighted by Gasteiger charge is 2.10. The van der Waals surface area contributed by atoms with E-state index >= 15 is 0 Å². The lowest BCUT2D eigenvalue weighted by atomic mass is 10.3. The summed E-state index contributed by atoms with van der Waals surface area (Å²) >= 11 is 11.8. The Labute approximate surface area is 127 Å². The molecule has 1 N–H and O–H groups in total. The van der Waals surface area contributed by atoms with Crippen molar-refractivity contribution in [2.45, 2.75) is 0 Å².